The number of ether oxygens (including phenoxy) is 1. The number of nitrogens with zero attached hydrogens (tertiary/aromatic N) is 1. The first-order valence-electron chi connectivity index (χ1n) is 6.79. The van der Waals surface area contributed by atoms with Gasteiger partial charge >= 0.3 is 0 Å². The predicted octanol–water partition coefficient (Wildman–Crippen LogP) is 2.92. The molecule has 0 saturated heterocycles. The number of carbonyl (C=O) groups is 1. The molecule has 1 aromatic heterocycles. The van der Waals surface area contributed by atoms with Crippen LogP contribution in [0.4, 0.5) is 0 Å². The lowest BCUT2D eigenvalue weighted by Crippen LogP contribution is -2.44. The first kappa shape index (κ1) is 14.3. The zero-order valence-corrected chi connectivity index (χ0v) is 12.1. The number of hydrogen-bond donors (Lipinski definition) is 1. The molecule has 1 heterocycles. The Morgan fingerprint density at radius 3 is 2.85 bits per heavy atom. The van der Waals surface area contributed by atoms with Crippen LogP contribution in [0.3, 0.4) is 0 Å². The Morgan fingerprint density at radius 1 is 1.35 bits per heavy atom. The van der Waals surface area contributed by atoms with Crippen LogP contribution in [-0.4, -0.2) is 23.0 Å². The maximum atomic E-state index is 11.8. The van der Waals surface area contributed by atoms with Gasteiger partial charge in [-0.3, -0.25) is 9.78 Å². The maximum absolute atomic E-state index is 11.8. The molecule has 0 fully saturated rings. The summed E-state index contributed by atoms with van der Waals surface area (Å²) >= 11 is 0. The van der Waals surface area contributed by atoms with Gasteiger partial charge in [0.2, 0.25) is 0 Å². The normalized spacial score (nSPS) is 11.3. The molecular weight excluding hydrogens is 252 g/mol. The smallest absolute Gasteiger partial charge is 0.258 e. The summed E-state index contributed by atoms with van der Waals surface area (Å²) in [6.45, 7) is 6.02. The summed E-state index contributed by atoms with van der Waals surface area (Å²) in [7, 11) is 0. The number of hydrogen-bond acceptors (Lipinski definition) is 3. The molecule has 0 aliphatic carbocycles. The minimum atomic E-state index is -0.206. The van der Waals surface area contributed by atoms with E-state index in [9.17, 15) is 4.79 Å². The zero-order valence-electron chi connectivity index (χ0n) is 12.1. The van der Waals surface area contributed by atoms with Crippen LogP contribution in [-0.2, 0) is 4.79 Å². The number of carbonyl (C=O) groups excluding carboxylic acids is 1. The predicted molar refractivity (Wildman–Crippen MR) is 79.8 cm³/mol. The lowest BCUT2D eigenvalue weighted by molar-refractivity contribution is -0.124. The van der Waals surface area contributed by atoms with Crippen molar-refractivity contribution < 1.29 is 9.53 Å². The molecular formula is C16H20N2O2. The van der Waals surface area contributed by atoms with Gasteiger partial charge in [-0.1, -0.05) is 25.1 Å². The summed E-state index contributed by atoms with van der Waals surface area (Å²) in [4.78, 5) is 16.1. The molecule has 0 saturated carbocycles. The van der Waals surface area contributed by atoms with Gasteiger partial charge in [0.05, 0.1) is 11.7 Å². The average molecular weight is 272 g/mol. The molecule has 0 radical (unpaired) electrons. The molecule has 106 valence electrons. The Labute approximate surface area is 119 Å². The Morgan fingerprint density at radius 2 is 2.10 bits per heavy atom. The molecule has 0 atom stereocenters. The number of benzene rings is 1. The third-order valence-electron chi connectivity index (χ3n) is 3.30. The Balaban J connectivity index is 1.97. The van der Waals surface area contributed by atoms with Crippen molar-refractivity contribution in [2.75, 3.05) is 6.61 Å². The number of para-hydroxylation sites is 1. The van der Waals surface area contributed by atoms with Crippen molar-refractivity contribution in [2.24, 2.45) is 0 Å². The highest BCUT2D eigenvalue weighted by Gasteiger charge is 2.17. The fraction of sp³-hybridized carbons (Fsp3) is 0.375. The van der Waals surface area contributed by atoms with Gasteiger partial charge in [-0.15, -0.1) is 0 Å². The molecule has 0 unspecified atom stereocenters. The molecule has 1 amide bonds. The molecule has 4 heteroatoms. The summed E-state index contributed by atoms with van der Waals surface area (Å²) in [5.41, 5.74) is 0.707. The Hall–Kier alpha value is -2.10. The van der Waals surface area contributed by atoms with E-state index in [1.807, 2.05) is 51.1 Å². The van der Waals surface area contributed by atoms with Gasteiger partial charge in [0.25, 0.3) is 5.91 Å². The molecule has 2 aromatic rings. The van der Waals surface area contributed by atoms with Crippen molar-refractivity contribution >= 4 is 16.8 Å². The minimum absolute atomic E-state index is 0.00342. The van der Waals surface area contributed by atoms with Gasteiger partial charge in [-0.05, 0) is 32.4 Å². The van der Waals surface area contributed by atoms with Crippen LogP contribution in [0.2, 0.25) is 0 Å². The fourth-order valence-electron chi connectivity index (χ4n) is 1.78. The van der Waals surface area contributed by atoms with E-state index in [0.717, 1.165) is 17.3 Å². The largest absolute Gasteiger partial charge is 0.482 e. The molecule has 0 aliphatic rings. The second-order valence-corrected chi connectivity index (χ2v) is 5.44. The monoisotopic (exact) mass is 272 g/mol. The van der Waals surface area contributed by atoms with Crippen LogP contribution in [0.5, 0.6) is 5.75 Å². The summed E-state index contributed by atoms with van der Waals surface area (Å²) in [6, 6.07) is 9.69. The van der Waals surface area contributed by atoms with E-state index in [1.54, 1.807) is 6.20 Å². The summed E-state index contributed by atoms with van der Waals surface area (Å²) in [5.74, 6) is 0.484. The van der Waals surface area contributed by atoms with Crippen molar-refractivity contribution in [2.45, 2.75) is 32.7 Å². The van der Waals surface area contributed by atoms with Gasteiger partial charge in [0.15, 0.2) is 6.61 Å². The van der Waals surface area contributed by atoms with Gasteiger partial charge in [0, 0.05) is 10.9 Å². The SMILES string of the molecule is CCC(C)(C)NC(=O)COc1cnc2ccccc2c1. The van der Waals surface area contributed by atoms with Crippen molar-refractivity contribution in [1.29, 1.82) is 0 Å². The molecule has 2 rings (SSSR count). The van der Waals surface area contributed by atoms with E-state index in [0.29, 0.717) is 5.75 Å². The third-order valence-corrected chi connectivity index (χ3v) is 3.30. The maximum Gasteiger partial charge on any atom is 0.258 e. The van der Waals surface area contributed by atoms with Gasteiger partial charge < -0.3 is 10.1 Å². The quantitative estimate of drug-likeness (QED) is 0.910. The van der Waals surface area contributed by atoms with Crippen LogP contribution < -0.4 is 10.1 Å². The topological polar surface area (TPSA) is 51.2 Å². The first-order valence-corrected chi connectivity index (χ1v) is 6.79. The number of pyridine rings is 1. The highest BCUT2D eigenvalue weighted by molar-refractivity contribution is 5.80. The average Bonchev–Trinajstić information content (AvgIpc) is 2.44. The van der Waals surface area contributed by atoms with E-state index in [-0.39, 0.29) is 18.1 Å². The second-order valence-electron chi connectivity index (χ2n) is 5.44. The molecule has 1 aromatic carbocycles. The van der Waals surface area contributed by atoms with Crippen molar-refractivity contribution in [3.8, 4) is 5.75 Å². The van der Waals surface area contributed by atoms with Crippen molar-refractivity contribution in [3.05, 3.63) is 36.5 Å². The van der Waals surface area contributed by atoms with E-state index in [1.165, 1.54) is 0 Å². The standard InChI is InChI=1S/C16H20N2O2/c1-4-16(2,3)18-15(19)11-20-13-9-12-7-5-6-8-14(12)17-10-13/h5-10H,4,11H2,1-3H3,(H,18,19). The first-order chi connectivity index (χ1) is 9.50. The second kappa shape index (κ2) is 5.90. The van der Waals surface area contributed by atoms with E-state index in [2.05, 4.69) is 10.3 Å². The summed E-state index contributed by atoms with van der Waals surface area (Å²) < 4.78 is 5.49. The molecule has 0 aliphatic heterocycles. The number of rotatable bonds is 5. The fourth-order valence-corrected chi connectivity index (χ4v) is 1.78. The molecule has 0 bridgehead atoms. The lowest BCUT2D eigenvalue weighted by atomic mass is 10.0. The number of aromatic nitrogens is 1. The number of nitrogens with one attached hydrogen (secondary N) is 1. The van der Waals surface area contributed by atoms with Crippen LogP contribution in [0.15, 0.2) is 36.5 Å². The van der Waals surface area contributed by atoms with Crippen LogP contribution in [0, 0.1) is 0 Å². The van der Waals surface area contributed by atoms with Gasteiger partial charge in [-0.25, -0.2) is 0 Å². The van der Waals surface area contributed by atoms with Crippen molar-refractivity contribution in [1.82, 2.24) is 10.3 Å². The molecule has 20 heavy (non-hydrogen) atoms. The molecule has 0 spiro atoms. The van der Waals surface area contributed by atoms with Crippen LogP contribution >= 0.6 is 0 Å². The highest BCUT2D eigenvalue weighted by Crippen LogP contribution is 2.17. The molecule has 1 N–H and O–H groups in total. The Kier molecular flexibility index (Phi) is 4.23. The van der Waals surface area contributed by atoms with E-state index in [4.69, 9.17) is 4.74 Å². The van der Waals surface area contributed by atoms with Crippen LogP contribution in [0.25, 0.3) is 10.9 Å². The van der Waals surface area contributed by atoms with Gasteiger partial charge in [-0.2, -0.15) is 0 Å². The summed E-state index contributed by atoms with van der Waals surface area (Å²) in [5, 5.41) is 3.93. The Bertz CT molecular complexity index is 608. The lowest BCUT2D eigenvalue weighted by Gasteiger charge is -2.24. The van der Waals surface area contributed by atoms with Gasteiger partial charge in [0.1, 0.15) is 5.75 Å². The van der Waals surface area contributed by atoms with E-state index >= 15 is 0 Å². The van der Waals surface area contributed by atoms with Crippen molar-refractivity contribution in [3.63, 3.8) is 0 Å². The highest BCUT2D eigenvalue weighted by atomic mass is 16.5. The zero-order chi connectivity index (χ0) is 14.6. The van der Waals surface area contributed by atoms with E-state index < -0.39 is 0 Å². The summed E-state index contributed by atoms with van der Waals surface area (Å²) in [6.07, 6.45) is 2.51. The minimum Gasteiger partial charge on any atom is -0.482 e. The number of fused-ring (bicyclic) bond motifs is 1. The molecule has 4 nitrogen and oxygen atoms in total. The van der Waals surface area contributed by atoms with Crippen LogP contribution in [0.1, 0.15) is 27.2 Å². The third kappa shape index (κ3) is 3.70. The number of amides is 1.